The predicted octanol–water partition coefficient (Wildman–Crippen LogP) is 2.90. The number of hydrogen-bond donors (Lipinski definition) is 1. The van der Waals surface area contributed by atoms with E-state index < -0.39 is 0 Å². The summed E-state index contributed by atoms with van der Waals surface area (Å²) >= 11 is 0. The Morgan fingerprint density at radius 1 is 1.12 bits per heavy atom. The first-order valence-corrected chi connectivity index (χ1v) is 9.06. The average Bonchev–Trinajstić information content (AvgIpc) is 2.67. The van der Waals surface area contributed by atoms with Crippen molar-refractivity contribution >= 4 is 11.8 Å². The Morgan fingerprint density at radius 3 is 2.46 bits per heavy atom. The number of carbonyl (C=O) groups excluding carboxylic acids is 1. The number of aromatic nitrogens is 1. The van der Waals surface area contributed by atoms with Crippen molar-refractivity contribution < 1.29 is 9.53 Å². The molecule has 1 aliphatic heterocycles. The molecule has 2 aromatic rings. The molecule has 1 aliphatic rings. The van der Waals surface area contributed by atoms with Gasteiger partial charge in [-0.05, 0) is 43.7 Å². The number of amides is 2. The van der Waals surface area contributed by atoms with Crippen LogP contribution in [-0.4, -0.2) is 48.2 Å². The van der Waals surface area contributed by atoms with Crippen molar-refractivity contribution in [3.05, 3.63) is 54.2 Å². The van der Waals surface area contributed by atoms with Gasteiger partial charge in [-0.3, -0.25) is 0 Å². The molecule has 1 N–H and O–H groups in total. The monoisotopic (exact) mass is 354 g/mol. The Bertz CT molecular complexity index is 696. The van der Waals surface area contributed by atoms with Gasteiger partial charge in [-0.25, -0.2) is 9.78 Å². The number of urea groups is 1. The van der Waals surface area contributed by atoms with Gasteiger partial charge in [0.15, 0.2) is 0 Å². The minimum absolute atomic E-state index is 0.0202. The first-order valence-electron chi connectivity index (χ1n) is 9.06. The molecule has 3 rings (SSSR count). The van der Waals surface area contributed by atoms with E-state index in [2.05, 4.69) is 15.2 Å². The van der Waals surface area contributed by atoms with Gasteiger partial charge in [-0.1, -0.05) is 18.2 Å². The van der Waals surface area contributed by atoms with Crippen LogP contribution in [0.25, 0.3) is 0 Å². The quantitative estimate of drug-likeness (QED) is 0.897. The second-order valence-corrected chi connectivity index (χ2v) is 6.63. The summed E-state index contributed by atoms with van der Waals surface area (Å²) in [6, 6.07) is 13.7. The highest BCUT2D eigenvalue weighted by Gasteiger charge is 2.21. The van der Waals surface area contributed by atoms with E-state index in [9.17, 15) is 4.79 Å². The number of ether oxygens (including phenoxy) is 1. The van der Waals surface area contributed by atoms with Gasteiger partial charge in [0, 0.05) is 38.9 Å². The summed E-state index contributed by atoms with van der Waals surface area (Å²) in [6.07, 6.45) is 1.96. The summed E-state index contributed by atoms with van der Waals surface area (Å²) in [5, 5.41) is 3.00. The van der Waals surface area contributed by atoms with Gasteiger partial charge in [0.05, 0.1) is 6.10 Å². The van der Waals surface area contributed by atoms with Gasteiger partial charge < -0.3 is 19.9 Å². The molecule has 0 spiro atoms. The van der Waals surface area contributed by atoms with Crippen LogP contribution >= 0.6 is 0 Å². The van der Waals surface area contributed by atoms with Crippen LogP contribution < -0.4 is 15.0 Å². The van der Waals surface area contributed by atoms with Crippen LogP contribution in [0.3, 0.4) is 0 Å². The summed E-state index contributed by atoms with van der Waals surface area (Å²) in [5.41, 5.74) is 1.06. The zero-order valence-corrected chi connectivity index (χ0v) is 15.4. The maximum absolute atomic E-state index is 12.4. The molecule has 2 heterocycles. The number of hydrogen-bond acceptors (Lipinski definition) is 4. The molecule has 0 aliphatic carbocycles. The normalized spacial score (nSPS) is 14.4. The molecule has 0 atom stereocenters. The van der Waals surface area contributed by atoms with Crippen molar-refractivity contribution in [2.24, 2.45) is 0 Å². The van der Waals surface area contributed by atoms with Crippen molar-refractivity contribution in [3.8, 4) is 5.75 Å². The third-order valence-corrected chi connectivity index (χ3v) is 4.28. The Morgan fingerprint density at radius 2 is 1.85 bits per heavy atom. The second-order valence-electron chi connectivity index (χ2n) is 6.63. The van der Waals surface area contributed by atoms with Crippen molar-refractivity contribution in [1.82, 2.24) is 15.2 Å². The molecule has 0 radical (unpaired) electrons. The van der Waals surface area contributed by atoms with E-state index in [1.165, 1.54) is 0 Å². The van der Waals surface area contributed by atoms with Crippen LogP contribution in [0.15, 0.2) is 48.7 Å². The molecule has 6 heteroatoms. The van der Waals surface area contributed by atoms with Crippen LogP contribution in [0.5, 0.6) is 5.75 Å². The number of nitrogens with zero attached hydrogens (tertiary/aromatic N) is 3. The predicted molar refractivity (Wildman–Crippen MR) is 102 cm³/mol. The van der Waals surface area contributed by atoms with Crippen LogP contribution in [0.2, 0.25) is 0 Å². The number of pyridine rings is 1. The van der Waals surface area contributed by atoms with Gasteiger partial charge >= 0.3 is 6.03 Å². The number of anilines is 1. The Kier molecular flexibility index (Phi) is 5.94. The van der Waals surface area contributed by atoms with E-state index in [1.54, 1.807) is 6.20 Å². The number of piperazine rings is 1. The second kappa shape index (κ2) is 8.56. The van der Waals surface area contributed by atoms with Crippen molar-refractivity contribution in [2.75, 3.05) is 31.1 Å². The highest BCUT2D eigenvalue weighted by Crippen LogP contribution is 2.15. The summed E-state index contributed by atoms with van der Waals surface area (Å²) in [7, 11) is 0. The van der Waals surface area contributed by atoms with E-state index in [-0.39, 0.29) is 12.1 Å². The summed E-state index contributed by atoms with van der Waals surface area (Å²) < 4.78 is 5.63. The van der Waals surface area contributed by atoms with Gasteiger partial charge in [0.2, 0.25) is 0 Å². The smallest absolute Gasteiger partial charge is 0.317 e. The molecule has 1 aromatic heterocycles. The summed E-state index contributed by atoms with van der Waals surface area (Å²) in [6.45, 7) is 7.51. The molecule has 0 saturated carbocycles. The standard InChI is InChI=1S/C20H26N4O2/c1-16(2)26-18-8-6-17(7-9-18)15-22-20(25)24-13-11-23(12-14-24)19-5-3-4-10-21-19/h3-10,16H,11-15H2,1-2H3,(H,22,25). The Balaban J connectivity index is 1.44. The lowest BCUT2D eigenvalue weighted by Crippen LogP contribution is -2.51. The molecule has 2 amide bonds. The Hall–Kier alpha value is -2.76. The van der Waals surface area contributed by atoms with E-state index in [0.717, 1.165) is 30.2 Å². The first-order chi connectivity index (χ1) is 12.6. The van der Waals surface area contributed by atoms with Gasteiger partial charge in [-0.15, -0.1) is 0 Å². The number of rotatable bonds is 5. The minimum Gasteiger partial charge on any atom is -0.491 e. The number of benzene rings is 1. The zero-order chi connectivity index (χ0) is 18.4. The third-order valence-electron chi connectivity index (χ3n) is 4.28. The lowest BCUT2D eigenvalue weighted by molar-refractivity contribution is 0.194. The number of nitrogens with one attached hydrogen (secondary N) is 1. The molecule has 26 heavy (non-hydrogen) atoms. The van der Waals surface area contributed by atoms with E-state index >= 15 is 0 Å². The topological polar surface area (TPSA) is 57.7 Å². The van der Waals surface area contributed by atoms with Crippen LogP contribution in [0.4, 0.5) is 10.6 Å². The van der Waals surface area contributed by atoms with Crippen molar-refractivity contribution in [2.45, 2.75) is 26.5 Å². The largest absolute Gasteiger partial charge is 0.491 e. The highest BCUT2D eigenvalue weighted by atomic mass is 16.5. The van der Waals surface area contributed by atoms with Crippen molar-refractivity contribution in [1.29, 1.82) is 0 Å². The lowest BCUT2D eigenvalue weighted by Gasteiger charge is -2.35. The molecule has 0 bridgehead atoms. The summed E-state index contributed by atoms with van der Waals surface area (Å²) in [5.74, 6) is 1.82. The van der Waals surface area contributed by atoms with Gasteiger partial charge in [0.1, 0.15) is 11.6 Å². The average molecular weight is 354 g/mol. The van der Waals surface area contributed by atoms with E-state index in [4.69, 9.17) is 4.74 Å². The molecule has 1 saturated heterocycles. The molecule has 0 unspecified atom stereocenters. The van der Waals surface area contributed by atoms with E-state index in [0.29, 0.717) is 19.6 Å². The van der Waals surface area contributed by atoms with Crippen molar-refractivity contribution in [3.63, 3.8) is 0 Å². The molecular weight excluding hydrogens is 328 g/mol. The minimum atomic E-state index is -0.0202. The third kappa shape index (κ3) is 4.88. The van der Waals surface area contributed by atoms with E-state index in [1.807, 2.05) is 61.2 Å². The van der Waals surface area contributed by atoms with Crippen LogP contribution in [-0.2, 0) is 6.54 Å². The Labute approximate surface area is 154 Å². The zero-order valence-electron chi connectivity index (χ0n) is 15.4. The maximum Gasteiger partial charge on any atom is 0.317 e. The first kappa shape index (κ1) is 18.0. The van der Waals surface area contributed by atoms with Gasteiger partial charge in [0.25, 0.3) is 0 Å². The highest BCUT2D eigenvalue weighted by molar-refractivity contribution is 5.74. The molecular formula is C20H26N4O2. The number of carbonyl (C=O) groups is 1. The van der Waals surface area contributed by atoms with Crippen LogP contribution in [0, 0.1) is 0 Å². The fourth-order valence-corrected chi connectivity index (χ4v) is 2.93. The molecule has 138 valence electrons. The molecule has 6 nitrogen and oxygen atoms in total. The summed E-state index contributed by atoms with van der Waals surface area (Å²) in [4.78, 5) is 20.8. The van der Waals surface area contributed by atoms with Crippen LogP contribution in [0.1, 0.15) is 19.4 Å². The van der Waals surface area contributed by atoms with Gasteiger partial charge in [-0.2, -0.15) is 0 Å². The fraction of sp³-hybridized carbons (Fsp3) is 0.400. The lowest BCUT2D eigenvalue weighted by atomic mass is 10.2. The maximum atomic E-state index is 12.4. The molecule has 1 aromatic carbocycles. The SMILES string of the molecule is CC(C)Oc1ccc(CNC(=O)N2CCN(c3ccccn3)CC2)cc1. The molecule has 1 fully saturated rings. The fourth-order valence-electron chi connectivity index (χ4n) is 2.93.